The Morgan fingerprint density at radius 3 is 3.04 bits per heavy atom. The summed E-state index contributed by atoms with van der Waals surface area (Å²) in [4.78, 5) is 17.6. The summed E-state index contributed by atoms with van der Waals surface area (Å²) in [6.07, 6.45) is 1.57. The highest BCUT2D eigenvalue weighted by molar-refractivity contribution is 7.13. The molecule has 0 aliphatic rings. The zero-order valence-corrected chi connectivity index (χ0v) is 13.8. The third-order valence-electron chi connectivity index (χ3n) is 3.15. The fourth-order valence-corrected chi connectivity index (χ4v) is 2.72. The molecular weight excluding hydrogens is 328 g/mol. The Bertz CT molecular complexity index is 801. The maximum atomic E-state index is 12.4. The van der Waals surface area contributed by atoms with Gasteiger partial charge in [-0.1, -0.05) is 6.07 Å². The van der Waals surface area contributed by atoms with Crippen LogP contribution >= 0.6 is 11.3 Å². The lowest BCUT2D eigenvalue weighted by atomic mass is 10.2. The highest BCUT2D eigenvalue weighted by atomic mass is 32.1. The Morgan fingerprint density at radius 1 is 1.33 bits per heavy atom. The summed E-state index contributed by atoms with van der Waals surface area (Å²) in [5.74, 6) is 0.371. The van der Waals surface area contributed by atoms with E-state index in [2.05, 4.69) is 20.5 Å². The third kappa shape index (κ3) is 3.79. The van der Waals surface area contributed by atoms with Gasteiger partial charge in [0.05, 0.1) is 17.2 Å². The molecule has 0 unspecified atom stereocenters. The molecule has 0 bridgehead atoms. The number of hydrogen-bond donors (Lipinski definition) is 2. The molecule has 3 heterocycles. The molecule has 0 atom stereocenters. The number of nitrogens with one attached hydrogen (secondary N) is 2. The average molecular weight is 344 g/mol. The first-order valence-corrected chi connectivity index (χ1v) is 8.13. The number of H-pyrrole nitrogens is 1. The highest BCUT2D eigenvalue weighted by Crippen LogP contribution is 2.25. The highest BCUT2D eigenvalue weighted by Gasteiger charge is 2.15. The van der Waals surface area contributed by atoms with E-state index in [0.29, 0.717) is 24.6 Å². The lowest BCUT2D eigenvalue weighted by Gasteiger charge is -2.09. The Balaban J connectivity index is 1.71. The molecule has 0 aromatic carbocycles. The van der Waals surface area contributed by atoms with Crippen LogP contribution in [0, 0.1) is 0 Å². The molecular formula is C16H16N4O3S. The van der Waals surface area contributed by atoms with E-state index < -0.39 is 0 Å². The number of aromatic amines is 1. The number of amides is 1. The van der Waals surface area contributed by atoms with Gasteiger partial charge in [-0.3, -0.25) is 9.89 Å². The van der Waals surface area contributed by atoms with Gasteiger partial charge < -0.3 is 14.8 Å². The Morgan fingerprint density at radius 2 is 2.25 bits per heavy atom. The second-order valence-corrected chi connectivity index (χ2v) is 5.74. The minimum absolute atomic E-state index is 0.265. The molecule has 2 N–H and O–H groups in total. The third-order valence-corrected chi connectivity index (χ3v) is 4.05. The van der Waals surface area contributed by atoms with Gasteiger partial charge in [-0.15, -0.1) is 11.3 Å². The van der Waals surface area contributed by atoms with E-state index in [4.69, 9.17) is 9.47 Å². The molecule has 8 heteroatoms. The topological polar surface area (TPSA) is 89.1 Å². The molecule has 0 radical (unpaired) electrons. The minimum atomic E-state index is -0.334. The number of thiophene rings is 1. The van der Waals surface area contributed by atoms with Crippen molar-refractivity contribution < 1.29 is 14.3 Å². The summed E-state index contributed by atoms with van der Waals surface area (Å²) in [5.41, 5.74) is 1.19. The van der Waals surface area contributed by atoms with E-state index in [1.54, 1.807) is 42.8 Å². The van der Waals surface area contributed by atoms with Crippen molar-refractivity contribution in [3.05, 3.63) is 47.5 Å². The second-order valence-electron chi connectivity index (χ2n) is 4.80. The lowest BCUT2D eigenvalue weighted by Crippen LogP contribution is -2.15. The van der Waals surface area contributed by atoms with Crippen molar-refractivity contribution in [1.82, 2.24) is 15.2 Å². The maximum Gasteiger partial charge on any atom is 0.262 e. The Kier molecular flexibility index (Phi) is 5.19. The van der Waals surface area contributed by atoms with Gasteiger partial charge in [0.25, 0.3) is 5.91 Å². The molecule has 0 saturated heterocycles. The average Bonchev–Trinajstić information content (AvgIpc) is 3.26. The second kappa shape index (κ2) is 7.71. The quantitative estimate of drug-likeness (QED) is 0.643. The van der Waals surface area contributed by atoms with Crippen LogP contribution < -0.4 is 10.1 Å². The van der Waals surface area contributed by atoms with Crippen molar-refractivity contribution in [3.63, 3.8) is 0 Å². The van der Waals surface area contributed by atoms with Crippen LogP contribution in [0.4, 0.5) is 5.82 Å². The van der Waals surface area contributed by atoms with E-state index in [1.807, 2.05) is 17.5 Å². The fraction of sp³-hybridized carbons (Fsp3) is 0.188. The smallest absolute Gasteiger partial charge is 0.262 e. The van der Waals surface area contributed by atoms with Gasteiger partial charge in [-0.2, -0.15) is 5.10 Å². The molecule has 124 valence electrons. The summed E-state index contributed by atoms with van der Waals surface area (Å²) in [5, 5.41) is 11.7. The number of anilines is 1. The van der Waals surface area contributed by atoms with E-state index in [0.717, 1.165) is 10.6 Å². The van der Waals surface area contributed by atoms with E-state index >= 15 is 0 Å². The van der Waals surface area contributed by atoms with Crippen molar-refractivity contribution in [3.8, 4) is 16.5 Å². The first-order chi connectivity index (χ1) is 11.8. The van der Waals surface area contributed by atoms with Gasteiger partial charge in [0.15, 0.2) is 5.82 Å². The van der Waals surface area contributed by atoms with Gasteiger partial charge in [0.1, 0.15) is 12.2 Å². The predicted octanol–water partition coefficient (Wildman–Crippen LogP) is 2.81. The molecule has 0 aliphatic heterocycles. The van der Waals surface area contributed by atoms with E-state index in [9.17, 15) is 4.79 Å². The molecule has 3 aromatic heterocycles. The molecule has 0 fully saturated rings. The van der Waals surface area contributed by atoms with Crippen molar-refractivity contribution in [2.45, 2.75) is 0 Å². The Labute approximate surface area is 142 Å². The monoisotopic (exact) mass is 344 g/mol. The van der Waals surface area contributed by atoms with Gasteiger partial charge in [-0.25, -0.2) is 4.98 Å². The Hall–Kier alpha value is -2.71. The van der Waals surface area contributed by atoms with Crippen LogP contribution in [-0.2, 0) is 4.74 Å². The summed E-state index contributed by atoms with van der Waals surface area (Å²) < 4.78 is 10.4. The first kappa shape index (κ1) is 16.2. The summed E-state index contributed by atoms with van der Waals surface area (Å²) in [7, 11) is 1.58. The maximum absolute atomic E-state index is 12.4. The van der Waals surface area contributed by atoms with Crippen molar-refractivity contribution in [2.24, 2.45) is 0 Å². The van der Waals surface area contributed by atoms with Crippen molar-refractivity contribution in [1.29, 1.82) is 0 Å². The van der Waals surface area contributed by atoms with Crippen molar-refractivity contribution in [2.75, 3.05) is 25.6 Å². The standard InChI is InChI=1S/C16H16N4O3S/c1-22-7-8-23-16-11(4-2-6-17-16)15(21)18-14-10-12(19-20-14)13-5-3-9-24-13/h2-6,9-10H,7-8H2,1H3,(H2,18,19,20,21). The first-order valence-electron chi connectivity index (χ1n) is 7.25. The molecule has 0 aliphatic carbocycles. The van der Waals surface area contributed by atoms with Crippen LogP contribution in [0.5, 0.6) is 5.88 Å². The number of aromatic nitrogens is 3. The number of hydrogen-bond acceptors (Lipinski definition) is 6. The van der Waals surface area contributed by atoms with Crippen LogP contribution in [0.1, 0.15) is 10.4 Å². The largest absolute Gasteiger partial charge is 0.475 e. The zero-order chi connectivity index (χ0) is 16.8. The minimum Gasteiger partial charge on any atom is -0.475 e. The zero-order valence-electron chi connectivity index (χ0n) is 13.0. The number of methoxy groups -OCH3 is 1. The van der Waals surface area contributed by atoms with Gasteiger partial charge in [0.2, 0.25) is 5.88 Å². The van der Waals surface area contributed by atoms with Gasteiger partial charge in [0, 0.05) is 19.4 Å². The number of ether oxygens (including phenoxy) is 2. The molecule has 7 nitrogen and oxygen atoms in total. The number of pyridine rings is 1. The van der Waals surface area contributed by atoms with Crippen LogP contribution in [0.2, 0.25) is 0 Å². The molecule has 0 saturated carbocycles. The molecule has 3 rings (SSSR count). The van der Waals surface area contributed by atoms with E-state index in [-0.39, 0.29) is 11.8 Å². The van der Waals surface area contributed by atoms with E-state index in [1.165, 1.54) is 0 Å². The summed E-state index contributed by atoms with van der Waals surface area (Å²) in [6.45, 7) is 0.736. The van der Waals surface area contributed by atoms with Crippen molar-refractivity contribution >= 4 is 23.1 Å². The predicted molar refractivity (Wildman–Crippen MR) is 91.5 cm³/mol. The summed E-state index contributed by atoms with van der Waals surface area (Å²) >= 11 is 1.59. The van der Waals surface area contributed by atoms with Crippen LogP contribution in [0.3, 0.4) is 0 Å². The number of rotatable bonds is 7. The normalized spacial score (nSPS) is 10.5. The molecule has 3 aromatic rings. The molecule has 24 heavy (non-hydrogen) atoms. The fourth-order valence-electron chi connectivity index (χ4n) is 2.03. The number of nitrogens with zero attached hydrogens (tertiary/aromatic N) is 2. The SMILES string of the molecule is COCCOc1ncccc1C(=O)Nc1cc(-c2cccs2)[nH]n1. The van der Waals surface area contributed by atoms with Gasteiger partial charge >= 0.3 is 0 Å². The van der Waals surface area contributed by atoms with Crippen LogP contribution in [0.25, 0.3) is 10.6 Å². The number of carbonyl (C=O) groups is 1. The summed E-state index contributed by atoms with van der Waals surface area (Å²) in [6, 6.07) is 9.05. The van der Waals surface area contributed by atoms with Gasteiger partial charge in [-0.05, 0) is 23.6 Å². The van der Waals surface area contributed by atoms with Crippen LogP contribution in [-0.4, -0.2) is 41.4 Å². The lowest BCUT2D eigenvalue weighted by molar-refractivity contribution is 0.101. The molecule has 0 spiro atoms. The molecule has 1 amide bonds. The van der Waals surface area contributed by atoms with Crippen LogP contribution in [0.15, 0.2) is 41.9 Å². The number of carbonyl (C=O) groups excluding carboxylic acids is 1.